The summed E-state index contributed by atoms with van der Waals surface area (Å²) < 4.78 is 7.19. The Morgan fingerprint density at radius 3 is 2.65 bits per heavy atom. The molecule has 0 spiro atoms. The van der Waals surface area contributed by atoms with Crippen molar-refractivity contribution in [2.45, 2.75) is 0 Å². The van der Waals surface area contributed by atoms with E-state index >= 15 is 0 Å². The second-order valence-electron chi connectivity index (χ2n) is 8.55. The molecule has 5 rings (SSSR count). The number of imidazole rings is 1. The summed E-state index contributed by atoms with van der Waals surface area (Å²) in [6, 6.07) is 15.3. The molecule has 190 valence electrons. The highest BCUT2D eigenvalue weighted by atomic mass is 16.5. The largest absolute Gasteiger partial charge is 0.384 e. The van der Waals surface area contributed by atoms with Gasteiger partial charge in [0.05, 0.1) is 18.9 Å². The summed E-state index contributed by atoms with van der Waals surface area (Å²) in [6.07, 6.45) is 2.85. The zero-order valence-corrected chi connectivity index (χ0v) is 20.4. The Morgan fingerprint density at radius 1 is 1.08 bits per heavy atom. The van der Waals surface area contributed by atoms with Gasteiger partial charge in [0, 0.05) is 43.2 Å². The van der Waals surface area contributed by atoms with Crippen molar-refractivity contribution in [1.82, 2.24) is 24.4 Å². The molecule has 1 saturated heterocycles. The van der Waals surface area contributed by atoms with Crippen LogP contribution >= 0.6 is 0 Å². The number of amides is 1. The number of morpholine rings is 1. The molecule has 0 bridgehead atoms. The van der Waals surface area contributed by atoms with Gasteiger partial charge in [0.15, 0.2) is 17.0 Å². The molecule has 3 heterocycles. The molecule has 5 N–H and O–H groups in total. The Bertz CT molecular complexity index is 1400. The van der Waals surface area contributed by atoms with Gasteiger partial charge in [0.25, 0.3) is 0 Å². The number of hydrogen-bond donors (Lipinski definition) is 4. The van der Waals surface area contributed by atoms with E-state index in [1.54, 1.807) is 17.0 Å². The number of benzene rings is 2. The molecular weight excluding hydrogens is 470 g/mol. The molecule has 1 aliphatic rings. The minimum Gasteiger partial charge on any atom is -0.384 e. The number of nitrogens with two attached hydrogens (primary N) is 1. The molecule has 11 nitrogen and oxygen atoms in total. The van der Waals surface area contributed by atoms with Gasteiger partial charge < -0.3 is 26.4 Å². The summed E-state index contributed by atoms with van der Waals surface area (Å²) in [5.41, 5.74) is 10.5. The maximum atomic E-state index is 11.7. The third-order valence-corrected chi connectivity index (χ3v) is 6.00. The van der Waals surface area contributed by atoms with Crippen molar-refractivity contribution in [3.05, 3.63) is 67.5 Å². The van der Waals surface area contributed by atoms with Crippen LogP contribution in [0.3, 0.4) is 0 Å². The van der Waals surface area contributed by atoms with Crippen LogP contribution in [-0.4, -0.2) is 69.7 Å². The number of ether oxygens (including phenoxy) is 1. The monoisotopic (exact) mass is 499 g/mol. The third-order valence-electron chi connectivity index (χ3n) is 6.00. The maximum absolute atomic E-state index is 11.7. The van der Waals surface area contributed by atoms with Gasteiger partial charge >= 0.3 is 0 Å². The summed E-state index contributed by atoms with van der Waals surface area (Å²) >= 11 is 0. The maximum Gasteiger partial charge on any atom is 0.247 e. The number of rotatable bonds is 9. The summed E-state index contributed by atoms with van der Waals surface area (Å²) in [6.45, 7) is 8.90. The smallest absolute Gasteiger partial charge is 0.247 e. The minimum absolute atomic E-state index is 0.267. The molecule has 1 aliphatic heterocycles. The zero-order chi connectivity index (χ0) is 25.6. The van der Waals surface area contributed by atoms with Gasteiger partial charge in [-0.2, -0.15) is 9.97 Å². The summed E-state index contributed by atoms with van der Waals surface area (Å²) in [4.78, 5) is 27.5. The highest BCUT2D eigenvalue weighted by Gasteiger charge is 2.14. The molecule has 2 aromatic heterocycles. The van der Waals surface area contributed by atoms with Crippen LogP contribution in [0.4, 0.5) is 28.8 Å². The first-order valence-electron chi connectivity index (χ1n) is 12.0. The van der Waals surface area contributed by atoms with Gasteiger partial charge in [0.1, 0.15) is 6.33 Å². The van der Waals surface area contributed by atoms with E-state index < -0.39 is 0 Å². The number of anilines is 5. The third kappa shape index (κ3) is 5.85. The van der Waals surface area contributed by atoms with Gasteiger partial charge in [-0.05, 0) is 48.5 Å². The number of fused-ring (bicyclic) bond motifs is 1. The van der Waals surface area contributed by atoms with Crippen LogP contribution in [0, 0.1) is 0 Å². The predicted octanol–water partition coefficient (Wildman–Crippen LogP) is 3.01. The summed E-state index contributed by atoms with van der Waals surface area (Å²) in [5.74, 6) is 0.337. The van der Waals surface area contributed by atoms with E-state index in [0.29, 0.717) is 22.8 Å². The predicted molar refractivity (Wildman–Crippen MR) is 145 cm³/mol. The van der Waals surface area contributed by atoms with Gasteiger partial charge in [-0.15, -0.1) is 0 Å². The molecule has 11 heteroatoms. The highest BCUT2D eigenvalue weighted by molar-refractivity contribution is 5.99. The molecule has 0 unspecified atom stereocenters. The van der Waals surface area contributed by atoms with Crippen molar-refractivity contribution in [2.75, 3.05) is 61.1 Å². The van der Waals surface area contributed by atoms with Gasteiger partial charge in [0.2, 0.25) is 11.9 Å². The normalized spacial score (nSPS) is 13.8. The van der Waals surface area contributed by atoms with E-state index in [9.17, 15) is 4.79 Å². The highest BCUT2D eigenvalue weighted by Crippen LogP contribution is 2.25. The van der Waals surface area contributed by atoms with E-state index in [-0.39, 0.29) is 11.7 Å². The van der Waals surface area contributed by atoms with Gasteiger partial charge in [-0.25, -0.2) is 4.98 Å². The van der Waals surface area contributed by atoms with Crippen molar-refractivity contribution < 1.29 is 9.53 Å². The van der Waals surface area contributed by atoms with Crippen LogP contribution in [0.1, 0.15) is 0 Å². The Kier molecular flexibility index (Phi) is 7.24. The van der Waals surface area contributed by atoms with E-state index in [2.05, 4.69) is 42.4 Å². The second-order valence-corrected chi connectivity index (χ2v) is 8.55. The number of carbonyl (C=O) groups excluding carboxylic acids is 1. The fourth-order valence-electron chi connectivity index (χ4n) is 4.08. The van der Waals surface area contributed by atoms with Crippen molar-refractivity contribution in [1.29, 1.82) is 0 Å². The molecular formula is C26H29N9O2. The quantitative estimate of drug-likeness (QED) is 0.256. The lowest BCUT2D eigenvalue weighted by atomic mass is 10.2. The van der Waals surface area contributed by atoms with E-state index in [1.807, 2.05) is 42.5 Å². The number of hydrogen-bond acceptors (Lipinski definition) is 9. The number of nitrogens with one attached hydrogen (secondary N) is 3. The number of carbonyl (C=O) groups is 1. The lowest BCUT2D eigenvalue weighted by Gasteiger charge is -2.26. The lowest BCUT2D eigenvalue weighted by molar-refractivity contribution is -0.111. The zero-order valence-electron chi connectivity index (χ0n) is 20.4. The number of aromatic nitrogens is 4. The van der Waals surface area contributed by atoms with Crippen LogP contribution in [-0.2, 0) is 9.53 Å². The van der Waals surface area contributed by atoms with Crippen LogP contribution in [0.25, 0.3) is 16.9 Å². The first kappa shape index (κ1) is 24.2. The van der Waals surface area contributed by atoms with Crippen LogP contribution < -0.4 is 21.7 Å². The molecule has 0 aliphatic carbocycles. The lowest BCUT2D eigenvalue weighted by Crippen LogP contribution is -2.38. The molecule has 0 atom stereocenters. The first-order valence-corrected chi connectivity index (χ1v) is 12.0. The van der Waals surface area contributed by atoms with Crippen LogP contribution in [0.2, 0.25) is 0 Å². The minimum atomic E-state index is -0.288. The Hall–Kier alpha value is -4.48. The molecule has 37 heavy (non-hydrogen) atoms. The summed E-state index contributed by atoms with van der Waals surface area (Å²) in [5, 5.41) is 9.44. The Balaban J connectivity index is 1.29. The second kappa shape index (κ2) is 11.1. The first-order chi connectivity index (χ1) is 18.1. The fraction of sp³-hybridized carbons (Fsp3) is 0.231. The van der Waals surface area contributed by atoms with Crippen molar-refractivity contribution in [3.63, 3.8) is 0 Å². The average molecular weight is 500 g/mol. The number of nitrogens with zero attached hydrogens (tertiary/aromatic N) is 5. The van der Waals surface area contributed by atoms with Gasteiger partial charge in [-0.1, -0.05) is 12.6 Å². The molecule has 1 fully saturated rings. The summed E-state index contributed by atoms with van der Waals surface area (Å²) in [7, 11) is 0. The van der Waals surface area contributed by atoms with Crippen LogP contribution in [0.15, 0.2) is 67.5 Å². The molecule has 0 saturated carbocycles. The topological polar surface area (TPSA) is 135 Å². The van der Waals surface area contributed by atoms with Crippen LogP contribution in [0.5, 0.6) is 0 Å². The molecule has 1 amide bonds. The van der Waals surface area contributed by atoms with E-state index in [1.165, 1.54) is 6.08 Å². The Morgan fingerprint density at radius 2 is 1.86 bits per heavy atom. The van der Waals surface area contributed by atoms with E-state index in [4.69, 9.17) is 10.5 Å². The molecule has 2 aromatic carbocycles. The average Bonchev–Trinajstić information content (AvgIpc) is 3.35. The SMILES string of the molecule is C=CC(=O)Nc1cccc(-n2cnc3c(N)nc(Nc4ccc(NCCN5CCOCC5)cc4)nc32)c1. The molecule has 4 aromatic rings. The van der Waals surface area contributed by atoms with Crippen molar-refractivity contribution in [2.24, 2.45) is 0 Å². The standard InChI is InChI=1S/C26H29N9O2/c1-2-22(36)30-20-4-3-5-21(16-20)35-17-29-23-24(27)32-26(33-25(23)35)31-19-8-6-18(7-9-19)28-10-11-34-12-14-37-15-13-34/h2-9,16-17,28H,1,10-15H2,(H,30,36)(H3,27,31,32,33). The van der Waals surface area contributed by atoms with Crippen molar-refractivity contribution >= 4 is 45.9 Å². The molecule has 0 radical (unpaired) electrons. The Labute approximate surface area is 214 Å². The fourth-order valence-corrected chi connectivity index (χ4v) is 4.08. The van der Waals surface area contributed by atoms with Gasteiger partial charge in [-0.3, -0.25) is 14.3 Å². The number of nitrogen functional groups attached to an aromatic ring is 1. The van der Waals surface area contributed by atoms with Crippen molar-refractivity contribution in [3.8, 4) is 5.69 Å². The van der Waals surface area contributed by atoms with E-state index in [0.717, 1.165) is 56.5 Å².